The SMILES string of the molecule is O=C(Nc1cnn(Cc2ccccc2)c1)c1nn(C23CC4CC(CC(C4)C2)C3)cc1[N+](=O)[O-]. The summed E-state index contributed by atoms with van der Waals surface area (Å²) in [5.41, 5.74) is 1.02. The van der Waals surface area contributed by atoms with Crippen molar-refractivity contribution in [3.8, 4) is 0 Å². The predicted octanol–water partition coefficient (Wildman–Crippen LogP) is 4.21. The van der Waals surface area contributed by atoms with E-state index >= 15 is 0 Å². The Morgan fingerprint density at radius 1 is 1.09 bits per heavy atom. The molecule has 1 N–H and O–H groups in total. The molecule has 1 aromatic carbocycles. The molecule has 2 heterocycles. The highest BCUT2D eigenvalue weighted by Crippen LogP contribution is 2.58. The van der Waals surface area contributed by atoms with Gasteiger partial charge in [0.15, 0.2) is 0 Å². The lowest BCUT2D eigenvalue weighted by Gasteiger charge is -2.56. The largest absolute Gasteiger partial charge is 0.320 e. The van der Waals surface area contributed by atoms with Crippen molar-refractivity contribution in [2.75, 3.05) is 5.32 Å². The third kappa shape index (κ3) is 3.61. The van der Waals surface area contributed by atoms with Crippen LogP contribution in [0.2, 0.25) is 0 Å². The molecule has 1 amide bonds. The summed E-state index contributed by atoms with van der Waals surface area (Å²) in [6.45, 7) is 0.567. The van der Waals surface area contributed by atoms with E-state index in [-0.39, 0.29) is 16.9 Å². The third-order valence-electron chi connectivity index (χ3n) is 7.68. The second-order valence-electron chi connectivity index (χ2n) is 10.1. The van der Waals surface area contributed by atoms with Crippen molar-refractivity contribution in [3.63, 3.8) is 0 Å². The number of hydrogen-bond acceptors (Lipinski definition) is 5. The minimum absolute atomic E-state index is 0.133. The van der Waals surface area contributed by atoms with Gasteiger partial charge in [0.2, 0.25) is 5.69 Å². The van der Waals surface area contributed by atoms with Gasteiger partial charge in [0.25, 0.3) is 5.91 Å². The molecule has 4 bridgehead atoms. The van der Waals surface area contributed by atoms with Crippen molar-refractivity contribution in [2.24, 2.45) is 17.8 Å². The molecule has 9 nitrogen and oxygen atoms in total. The Balaban J connectivity index is 1.24. The van der Waals surface area contributed by atoms with Crippen LogP contribution in [0.5, 0.6) is 0 Å². The van der Waals surface area contributed by atoms with Gasteiger partial charge in [0.05, 0.1) is 28.9 Å². The van der Waals surface area contributed by atoms with Gasteiger partial charge >= 0.3 is 5.69 Å². The average molecular weight is 447 g/mol. The standard InChI is InChI=1S/C24H26N6O3/c31-23(26-20-12-25-28(14-20)13-16-4-2-1-3-5-16)22-21(30(32)33)15-29(27-22)24-9-17-6-18(10-24)8-19(7-17)11-24/h1-5,12,14-15,17-19H,6-11,13H2,(H,26,31). The lowest BCUT2D eigenvalue weighted by atomic mass is 9.53. The summed E-state index contributed by atoms with van der Waals surface area (Å²) < 4.78 is 3.48. The second-order valence-corrected chi connectivity index (χ2v) is 10.1. The predicted molar refractivity (Wildman–Crippen MR) is 121 cm³/mol. The van der Waals surface area contributed by atoms with Crippen LogP contribution in [0.15, 0.2) is 48.9 Å². The van der Waals surface area contributed by atoms with Gasteiger partial charge in [-0.25, -0.2) is 0 Å². The normalized spacial score (nSPS) is 27.6. The number of amides is 1. The van der Waals surface area contributed by atoms with Crippen molar-refractivity contribution in [1.29, 1.82) is 0 Å². The summed E-state index contributed by atoms with van der Waals surface area (Å²) in [4.78, 5) is 24.3. The average Bonchev–Trinajstić information content (AvgIpc) is 3.41. The van der Waals surface area contributed by atoms with Crippen LogP contribution in [0.1, 0.15) is 54.6 Å². The van der Waals surface area contributed by atoms with Crippen molar-refractivity contribution >= 4 is 17.3 Å². The first-order valence-corrected chi connectivity index (χ1v) is 11.6. The summed E-state index contributed by atoms with van der Waals surface area (Å²) in [6.07, 6.45) is 11.6. The highest BCUT2D eigenvalue weighted by molar-refractivity contribution is 6.05. The molecule has 33 heavy (non-hydrogen) atoms. The summed E-state index contributed by atoms with van der Waals surface area (Å²) >= 11 is 0. The van der Waals surface area contributed by atoms with E-state index in [9.17, 15) is 14.9 Å². The first kappa shape index (κ1) is 20.1. The van der Waals surface area contributed by atoms with Crippen LogP contribution in [0.3, 0.4) is 0 Å². The van der Waals surface area contributed by atoms with Crippen LogP contribution in [-0.2, 0) is 12.1 Å². The smallest absolute Gasteiger partial charge is 0.318 e. The van der Waals surface area contributed by atoms with Gasteiger partial charge in [-0.05, 0) is 61.8 Å². The first-order valence-electron chi connectivity index (χ1n) is 11.6. The molecule has 4 aliphatic rings. The highest BCUT2D eigenvalue weighted by Gasteiger charge is 2.53. The number of benzene rings is 1. The van der Waals surface area contributed by atoms with Crippen molar-refractivity contribution < 1.29 is 9.72 Å². The van der Waals surface area contributed by atoms with Crippen LogP contribution in [0.4, 0.5) is 11.4 Å². The van der Waals surface area contributed by atoms with E-state index in [0.29, 0.717) is 30.0 Å². The number of carbonyl (C=O) groups excluding carboxylic acids is 1. The van der Waals surface area contributed by atoms with Crippen molar-refractivity contribution in [2.45, 2.75) is 50.6 Å². The van der Waals surface area contributed by atoms with E-state index in [0.717, 1.165) is 24.8 Å². The maximum Gasteiger partial charge on any atom is 0.320 e. The van der Waals surface area contributed by atoms with Gasteiger partial charge in [0.1, 0.15) is 6.20 Å². The maximum atomic E-state index is 13.0. The van der Waals surface area contributed by atoms with E-state index < -0.39 is 10.8 Å². The molecule has 4 saturated carbocycles. The monoisotopic (exact) mass is 446 g/mol. The number of rotatable bonds is 6. The zero-order valence-corrected chi connectivity index (χ0v) is 18.3. The fourth-order valence-electron chi connectivity index (χ4n) is 6.72. The van der Waals surface area contributed by atoms with E-state index in [4.69, 9.17) is 0 Å². The van der Waals surface area contributed by atoms with Crippen LogP contribution in [0, 0.1) is 27.9 Å². The minimum Gasteiger partial charge on any atom is -0.318 e. The summed E-state index contributed by atoms with van der Waals surface area (Å²) in [7, 11) is 0. The molecule has 0 saturated heterocycles. The van der Waals surface area contributed by atoms with Gasteiger partial charge in [-0.3, -0.25) is 24.3 Å². The molecule has 170 valence electrons. The molecule has 0 atom stereocenters. The Kier molecular flexibility index (Phi) is 4.60. The zero-order valence-electron chi connectivity index (χ0n) is 18.3. The van der Waals surface area contributed by atoms with Gasteiger partial charge in [-0.2, -0.15) is 10.2 Å². The van der Waals surface area contributed by atoms with Crippen molar-refractivity contribution in [1.82, 2.24) is 19.6 Å². The van der Waals surface area contributed by atoms with Crippen LogP contribution < -0.4 is 5.32 Å². The topological polar surface area (TPSA) is 108 Å². The molecule has 0 unspecified atom stereocenters. The molecular formula is C24H26N6O3. The molecule has 0 spiro atoms. The Labute approximate surface area is 190 Å². The molecule has 9 heteroatoms. The minimum atomic E-state index is -0.579. The summed E-state index contributed by atoms with van der Waals surface area (Å²) in [6, 6.07) is 9.87. The summed E-state index contributed by atoms with van der Waals surface area (Å²) in [5.74, 6) is 1.44. The van der Waals surface area contributed by atoms with Crippen molar-refractivity contribution in [3.05, 3.63) is 70.3 Å². The highest BCUT2D eigenvalue weighted by atomic mass is 16.6. The molecule has 4 fully saturated rings. The number of carbonyl (C=O) groups is 1. The molecule has 0 aliphatic heterocycles. The number of nitro groups is 1. The van der Waals surface area contributed by atoms with Crippen LogP contribution in [0.25, 0.3) is 0 Å². The van der Waals surface area contributed by atoms with Crippen LogP contribution >= 0.6 is 0 Å². The zero-order chi connectivity index (χ0) is 22.6. The summed E-state index contributed by atoms with van der Waals surface area (Å²) in [5, 5.41) is 23.3. The third-order valence-corrected chi connectivity index (χ3v) is 7.68. The molecule has 3 aromatic rings. The fraction of sp³-hybridized carbons (Fsp3) is 0.458. The maximum absolute atomic E-state index is 13.0. The lowest BCUT2D eigenvalue weighted by Crippen LogP contribution is -2.52. The van der Waals surface area contributed by atoms with E-state index in [2.05, 4.69) is 15.5 Å². The molecule has 7 rings (SSSR count). The first-order chi connectivity index (χ1) is 16.0. The lowest BCUT2D eigenvalue weighted by molar-refractivity contribution is -0.385. The molecular weight excluding hydrogens is 420 g/mol. The van der Waals surface area contributed by atoms with Crippen LogP contribution in [-0.4, -0.2) is 30.4 Å². The Morgan fingerprint density at radius 2 is 1.76 bits per heavy atom. The van der Waals surface area contributed by atoms with E-state index in [1.165, 1.54) is 25.5 Å². The fourth-order valence-corrected chi connectivity index (χ4v) is 6.72. The second kappa shape index (κ2) is 7.54. The molecule has 2 aromatic heterocycles. The number of nitrogens with zero attached hydrogens (tertiary/aromatic N) is 5. The van der Waals surface area contributed by atoms with E-state index in [1.807, 2.05) is 30.3 Å². The Hall–Kier alpha value is -3.49. The van der Waals surface area contributed by atoms with Gasteiger partial charge in [0, 0.05) is 6.20 Å². The molecule has 4 aliphatic carbocycles. The number of nitrogens with one attached hydrogen (secondary N) is 1. The molecule has 0 radical (unpaired) electrons. The Morgan fingerprint density at radius 3 is 2.39 bits per heavy atom. The number of hydrogen-bond donors (Lipinski definition) is 1. The Bertz CT molecular complexity index is 1180. The number of anilines is 1. The van der Waals surface area contributed by atoms with E-state index in [1.54, 1.807) is 21.8 Å². The number of aromatic nitrogens is 4. The quantitative estimate of drug-likeness (QED) is 0.451. The van der Waals surface area contributed by atoms with Gasteiger partial charge < -0.3 is 5.32 Å². The van der Waals surface area contributed by atoms with Gasteiger partial charge in [-0.15, -0.1) is 0 Å². The van der Waals surface area contributed by atoms with Gasteiger partial charge in [-0.1, -0.05) is 30.3 Å².